The summed E-state index contributed by atoms with van der Waals surface area (Å²) in [6, 6.07) is 50.4. The molecule has 0 saturated heterocycles. The fraction of sp³-hybridized carbons (Fsp3) is 0.0476. The Morgan fingerprint density at radius 3 is 1.91 bits per heavy atom. The van der Waals surface area contributed by atoms with Crippen molar-refractivity contribution in [3.63, 3.8) is 0 Å². The molecule has 212 valence electrons. The van der Waals surface area contributed by atoms with Crippen LogP contribution in [0.15, 0.2) is 146 Å². The number of fused-ring (bicyclic) bond motifs is 6. The Balaban J connectivity index is 1.37. The number of allylic oxidation sites excluding steroid dienone is 1. The molecule has 0 saturated carbocycles. The molecule has 0 radical (unpaired) electrons. The van der Waals surface area contributed by atoms with E-state index in [0.29, 0.717) is 0 Å². The first-order valence-corrected chi connectivity index (χ1v) is 16.6. The van der Waals surface area contributed by atoms with Gasteiger partial charge in [-0.3, -0.25) is 4.98 Å². The Bertz CT molecular complexity index is 2410. The van der Waals surface area contributed by atoms with Gasteiger partial charge in [-0.05, 0) is 61.5 Å². The molecule has 0 N–H and O–H groups in total. The predicted molar refractivity (Wildman–Crippen MR) is 198 cm³/mol. The lowest BCUT2D eigenvalue weighted by molar-refractivity contribution is 0.865. The number of aromatic nitrogens is 2. The average Bonchev–Trinajstić information content (AvgIpc) is 3.11. The second-order valence-electron chi connectivity index (χ2n) is 11.8. The molecule has 0 amide bonds. The Labute approximate surface area is 275 Å². The van der Waals surface area contributed by atoms with Gasteiger partial charge < -0.3 is 0 Å². The average molecular weight is 687 g/mol. The van der Waals surface area contributed by atoms with E-state index in [1.807, 2.05) is 12.3 Å². The van der Waals surface area contributed by atoms with Crippen LogP contribution in [0.25, 0.3) is 66.3 Å². The molecule has 2 unspecified atom stereocenters. The Morgan fingerprint density at radius 1 is 0.533 bits per heavy atom. The van der Waals surface area contributed by atoms with Gasteiger partial charge in [0.1, 0.15) is 0 Å². The molecule has 45 heavy (non-hydrogen) atoms. The monoisotopic (exact) mass is 686 g/mol. The van der Waals surface area contributed by atoms with Gasteiger partial charge in [-0.15, -0.1) is 0 Å². The highest BCUT2D eigenvalue weighted by Crippen LogP contribution is 2.55. The third-order valence-electron chi connectivity index (χ3n) is 9.31. The standard InChI is InChI=1S/C42H27IN2/c43-40-30-15-5-4-13-29(30)25-35(26-11-2-1-3-12-26)39(40)38-33-18-8-6-16-31(33)37(32-17-7-9-19-34(32)38)36-23-22-28-21-20-27-14-10-24-44-41(27)42(28)45-36/h1-25,39-40H. The normalized spacial score (nSPS) is 16.2. The van der Waals surface area contributed by atoms with E-state index in [1.54, 1.807) is 0 Å². The number of nitrogens with zero attached hydrogens (tertiary/aromatic N) is 2. The van der Waals surface area contributed by atoms with Crippen molar-refractivity contribution in [2.75, 3.05) is 0 Å². The van der Waals surface area contributed by atoms with Crippen LogP contribution in [0.4, 0.5) is 0 Å². The second kappa shape index (κ2) is 10.6. The first kappa shape index (κ1) is 26.5. The lowest BCUT2D eigenvalue weighted by Crippen LogP contribution is -2.15. The molecule has 0 aliphatic heterocycles. The van der Waals surface area contributed by atoms with Crippen molar-refractivity contribution in [1.82, 2.24) is 9.97 Å². The summed E-state index contributed by atoms with van der Waals surface area (Å²) in [6.45, 7) is 0. The molecule has 2 aromatic heterocycles. The SMILES string of the molecule is IC1c2ccccc2C=C(c2ccccc2)C1c1c2ccccc2c(-c2ccc3ccc4cccnc4c3n2)c2ccccc12. The molecule has 8 aromatic rings. The van der Waals surface area contributed by atoms with Gasteiger partial charge in [0.25, 0.3) is 0 Å². The van der Waals surface area contributed by atoms with Crippen molar-refractivity contribution < 1.29 is 0 Å². The first-order chi connectivity index (χ1) is 22.3. The number of hydrogen-bond acceptors (Lipinski definition) is 2. The fourth-order valence-corrected chi connectivity index (χ4v) is 8.63. The number of pyridine rings is 2. The quantitative estimate of drug-likeness (QED) is 0.0800. The Morgan fingerprint density at radius 2 is 1.16 bits per heavy atom. The van der Waals surface area contributed by atoms with Crippen LogP contribution in [0.3, 0.4) is 0 Å². The molecule has 6 aromatic carbocycles. The van der Waals surface area contributed by atoms with Crippen LogP contribution in [0, 0.1) is 0 Å². The van der Waals surface area contributed by atoms with Crippen LogP contribution in [-0.4, -0.2) is 9.97 Å². The molecule has 1 aliphatic rings. The Kier molecular flexibility index (Phi) is 6.27. The van der Waals surface area contributed by atoms with Gasteiger partial charge in [0.05, 0.1) is 16.7 Å². The molecule has 3 heteroatoms. The number of halogens is 1. The third-order valence-corrected chi connectivity index (χ3v) is 10.7. The van der Waals surface area contributed by atoms with Crippen LogP contribution < -0.4 is 0 Å². The smallest absolute Gasteiger partial charge is 0.0972 e. The zero-order valence-corrected chi connectivity index (χ0v) is 26.5. The van der Waals surface area contributed by atoms with Gasteiger partial charge >= 0.3 is 0 Å². The van der Waals surface area contributed by atoms with Gasteiger partial charge in [0.2, 0.25) is 0 Å². The molecule has 2 heterocycles. The zero-order chi connectivity index (χ0) is 29.9. The largest absolute Gasteiger partial charge is 0.254 e. The van der Waals surface area contributed by atoms with E-state index in [9.17, 15) is 0 Å². The lowest BCUT2D eigenvalue weighted by atomic mass is 9.73. The van der Waals surface area contributed by atoms with E-state index in [0.717, 1.165) is 27.5 Å². The van der Waals surface area contributed by atoms with Crippen molar-refractivity contribution in [1.29, 1.82) is 0 Å². The van der Waals surface area contributed by atoms with E-state index in [1.165, 1.54) is 54.9 Å². The second-order valence-corrected chi connectivity index (χ2v) is 13.1. The minimum Gasteiger partial charge on any atom is -0.254 e. The predicted octanol–water partition coefficient (Wildman–Crippen LogP) is 11.6. The highest BCUT2D eigenvalue weighted by Gasteiger charge is 2.34. The van der Waals surface area contributed by atoms with Gasteiger partial charge in [0.15, 0.2) is 0 Å². The molecule has 9 rings (SSSR count). The van der Waals surface area contributed by atoms with Gasteiger partial charge in [-0.2, -0.15) is 0 Å². The number of benzene rings is 6. The topological polar surface area (TPSA) is 25.8 Å². The van der Waals surface area contributed by atoms with Crippen LogP contribution in [0.1, 0.15) is 32.1 Å². The molecule has 2 atom stereocenters. The molecule has 0 bridgehead atoms. The number of hydrogen-bond donors (Lipinski definition) is 0. The summed E-state index contributed by atoms with van der Waals surface area (Å²) in [5.41, 5.74) is 10.7. The van der Waals surface area contributed by atoms with Crippen LogP contribution in [0.2, 0.25) is 0 Å². The van der Waals surface area contributed by atoms with Gasteiger partial charge in [-0.25, -0.2) is 4.98 Å². The first-order valence-electron chi connectivity index (χ1n) is 15.3. The third kappa shape index (κ3) is 4.22. The van der Waals surface area contributed by atoms with Crippen LogP contribution in [0.5, 0.6) is 0 Å². The van der Waals surface area contributed by atoms with Crippen LogP contribution in [-0.2, 0) is 0 Å². The van der Waals surface area contributed by atoms with Crippen molar-refractivity contribution in [3.8, 4) is 11.3 Å². The zero-order valence-electron chi connectivity index (χ0n) is 24.4. The molecule has 1 aliphatic carbocycles. The van der Waals surface area contributed by atoms with E-state index in [-0.39, 0.29) is 9.84 Å². The summed E-state index contributed by atoms with van der Waals surface area (Å²) in [5.74, 6) is 0.157. The highest BCUT2D eigenvalue weighted by molar-refractivity contribution is 14.1. The minimum atomic E-state index is 0.157. The highest BCUT2D eigenvalue weighted by atomic mass is 127. The molecular formula is C42H27IN2. The van der Waals surface area contributed by atoms with E-state index >= 15 is 0 Å². The van der Waals surface area contributed by atoms with Gasteiger partial charge in [0, 0.05) is 32.4 Å². The summed E-state index contributed by atoms with van der Waals surface area (Å²) in [7, 11) is 0. The molecular weight excluding hydrogens is 659 g/mol. The lowest BCUT2D eigenvalue weighted by Gasteiger charge is -2.34. The van der Waals surface area contributed by atoms with Crippen molar-refractivity contribution in [2.45, 2.75) is 9.84 Å². The van der Waals surface area contributed by atoms with E-state index in [2.05, 4.69) is 162 Å². The van der Waals surface area contributed by atoms with E-state index in [4.69, 9.17) is 9.97 Å². The van der Waals surface area contributed by atoms with Gasteiger partial charge in [-0.1, -0.05) is 156 Å². The number of rotatable bonds is 3. The molecule has 0 fully saturated rings. The minimum absolute atomic E-state index is 0.157. The maximum Gasteiger partial charge on any atom is 0.0972 e. The summed E-state index contributed by atoms with van der Waals surface area (Å²) in [4.78, 5) is 10.1. The molecule has 2 nitrogen and oxygen atoms in total. The van der Waals surface area contributed by atoms with E-state index < -0.39 is 0 Å². The fourth-order valence-electron chi connectivity index (χ4n) is 7.32. The van der Waals surface area contributed by atoms with Crippen molar-refractivity contribution >= 4 is 77.6 Å². The van der Waals surface area contributed by atoms with Crippen molar-refractivity contribution in [3.05, 3.63) is 168 Å². The summed E-state index contributed by atoms with van der Waals surface area (Å²) in [6.07, 6.45) is 4.28. The molecule has 0 spiro atoms. The maximum atomic E-state index is 5.35. The summed E-state index contributed by atoms with van der Waals surface area (Å²) < 4.78 is 0.257. The Hall–Kier alpha value is -4.87. The van der Waals surface area contributed by atoms with Crippen molar-refractivity contribution in [2.24, 2.45) is 0 Å². The number of alkyl halides is 1. The summed E-state index contributed by atoms with van der Waals surface area (Å²) >= 11 is 2.70. The maximum absolute atomic E-state index is 5.35. The summed E-state index contributed by atoms with van der Waals surface area (Å²) in [5, 5.41) is 7.20. The van der Waals surface area contributed by atoms with Crippen LogP contribution >= 0.6 is 22.6 Å².